The first-order valence-corrected chi connectivity index (χ1v) is 3.72. The largest absolute Gasteiger partial charge is 0.352 e. The van der Waals surface area contributed by atoms with E-state index in [4.69, 9.17) is 5.73 Å². The number of carbonyl (C=O) groups excluding carboxylic acids is 2. The lowest BCUT2D eigenvalue weighted by Crippen LogP contribution is -2.33. The number of rotatable bonds is 3. The van der Waals surface area contributed by atoms with Crippen LogP contribution in [0.25, 0.3) is 0 Å². The number of hydrogen-bond donors (Lipinski definition) is 2. The fourth-order valence-electron chi connectivity index (χ4n) is 0.969. The van der Waals surface area contributed by atoms with Crippen molar-refractivity contribution in [2.75, 3.05) is 0 Å². The second-order valence-electron chi connectivity index (χ2n) is 2.47. The Morgan fingerprint density at radius 1 is 1.38 bits per heavy atom. The molecule has 0 bridgehead atoms. The summed E-state index contributed by atoms with van der Waals surface area (Å²) >= 11 is 0. The van der Waals surface area contributed by atoms with Crippen LogP contribution in [0.2, 0.25) is 0 Å². The van der Waals surface area contributed by atoms with Gasteiger partial charge < -0.3 is 11.1 Å². The zero-order chi connectivity index (χ0) is 9.68. The molecular weight excluding hydrogens is 168 g/mol. The van der Waals surface area contributed by atoms with E-state index in [0.29, 0.717) is 5.56 Å². The SMILES string of the molecule is NC(=O)NC([C]=O)c1ccccc1. The van der Waals surface area contributed by atoms with Crippen molar-refractivity contribution in [2.45, 2.75) is 6.04 Å². The van der Waals surface area contributed by atoms with Gasteiger partial charge in [-0.15, -0.1) is 0 Å². The Kier molecular flexibility index (Phi) is 3.03. The van der Waals surface area contributed by atoms with Crippen LogP contribution in [0, 0.1) is 0 Å². The summed E-state index contributed by atoms with van der Waals surface area (Å²) < 4.78 is 0. The Morgan fingerprint density at radius 2 is 2.00 bits per heavy atom. The van der Waals surface area contributed by atoms with E-state index in [1.807, 2.05) is 6.07 Å². The Balaban J connectivity index is 2.78. The minimum absolute atomic E-state index is 0.663. The molecule has 1 radical (unpaired) electrons. The highest BCUT2D eigenvalue weighted by Gasteiger charge is 2.11. The van der Waals surface area contributed by atoms with Gasteiger partial charge in [-0.25, -0.2) is 4.79 Å². The number of nitrogens with two attached hydrogens (primary N) is 1. The number of amides is 2. The van der Waals surface area contributed by atoms with Gasteiger partial charge in [0.1, 0.15) is 6.04 Å². The van der Waals surface area contributed by atoms with Crippen LogP contribution in [0.3, 0.4) is 0 Å². The zero-order valence-electron chi connectivity index (χ0n) is 6.86. The molecule has 1 rings (SSSR count). The fraction of sp³-hybridized carbons (Fsp3) is 0.111. The normalized spacial score (nSPS) is 11.7. The van der Waals surface area contributed by atoms with E-state index in [1.165, 1.54) is 0 Å². The summed E-state index contributed by atoms with van der Waals surface area (Å²) in [5.41, 5.74) is 5.54. The summed E-state index contributed by atoms with van der Waals surface area (Å²) in [6.07, 6.45) is 1.69. The van der Waals surface area contributed by atoms with E-state index < -0.39 is 12.1 Å². The van der Waals surface area contributed by atoms with Gasteiger partial charge in [-0.3, -0.25) is 4.79 Å². The molecule has 0 aliphatic heterocycles. The molecule has 0 aromatic heterocycles. The smallest absolute Gasteiger partial charge is 0.313 e. The first-order valence-electron chi connectivity index (χ1n) is 3.72. The molecule has 67 valence electrons. The third-order valence-corrected chi connectivity index (χ3v) is 1.54. The lowest BCUT2D eigenvalue weighted by atomic mass is 10.1. The monoisotopic (exact) mass is 177 g/mol. The van der Waals surface area contributed by atoms with Gasteiger partial charge in [0.2, 0.25) is 6.29 Å². The number of carbonyl (C=O) groups is 1. The second kappa shape index (κ2) is 4.25. The third-order valence-electron chi connectivity index (χ3n) is 1.54. The van der Waals surface area contributed by atoms with Crippen LogP contribution in [0.1, 0.15) is 11.6 Å². The predicted molar refractivity (Wildman–Crippen MR) is 47.6 cm³/mol. The fourth-order valence-corrected chi connectivity index (χ4v) is 0.969. The highest BCUT2D eigenvalue weighted by atomic mass is 16.2. The van der Waals surface area contributed by atoms with E-state index in [1.54, 1.807) is 30.6 Å². The van der Waals surface area contributed by atoms with Crippen molar-refractivity contribution in [1.29, 1.82) is 0 Å². The average Bonchev–Trinajstić information content (AvgIpc) is 2.15. The molecule has 1 unspecified atom stereocenters. The molecule has 4 nitrogen and oxygen atoms in total. The molecule has 0 spiro atoms. The van der Waals surface area contributed by atoms with Gasteiger partial charge in [0.05, 0.1) is 0 Å². The van der Waals surface area contributed by atoms with Crippen LogP contribution in [-0.4, -0.2) is 12.3 Å². The van der Waals surface area contributed by atoms with Crippen LogP contribution in [0.4, 0.5) is 4.79 Å². The van der Waals surface area contributed by atoms with Gasteiger partial charge >= 0.3 is 6.03 Å². The van der Waals surface area contributed by atoms with Crippen molar-refractivity contribution in [3.63, 3.8) is 0 Å². The molecule has 2 amide bonds. The third kappa shape index (κ3) is 2.59. The van der Waals surface area contributed by atoms with E-state index >= 15 is 0 Å². The van der Waals surface area contributed by atoms with Crippen LogP contribution >= 0.6 is 0 Å². The number of primary amides is 1. The highest BCUT2D eigenvalue weighted by molar-refractivity contribution is 5.77. The van der Waals surface area contributed by atoms with Crippen LogP contribution in [0.5, 0.6) is 0 Å². The molecule has 3 N–H and O–H groups in total. The summed E-state index contributed by atoms with van der Waals surface area (Å²) in [5.74, 6) is 0. The Hall–Kier alpha value is -1.84. The maximum Gasteiger partial charge on any atom is 0.313 e. The Labute approximate surface area is 75.7 Å². The Morgan fingerprint density at radius 3 is 2.46 bits per heavy atom. The van der Waals surface area contributed by atoms with Gasteiger partial charge in [-0.1, -0.05) is 30.3 Å². The molecule has 13 heavy (non-hydrogen) atoms. The zero-order valence-corrected chi connectivity index (χ0v) is 6.86. The van der Waals surface area contributed by atoms with Crippen molar-refractivity contribution in [3.05, 3.63) is 35.9 Å². The summed E-state index contributed by atoms with van der Waals surface area (Å²) in [6.45, 7) is 0. The standard InChI is InChI=1S/C9H9N2O2/c10-9(13)11-8(6-12)7-4-2-1-3-5-7/h1-5,8H,(H3,10,11,13). The first-order chi connectivity index (χ1) is 6.24. The molecular formula is C9H9N2O2. The molecule has 1 aromatic rings. The van der Waals surface area contributed by atoms with E-state index in [2.05, 4.69) is 5.32 Å². The molecule has 0 saturated heterocycles. The summed E-state index contributed by atoms with van der Waals surface area (Å²) in [4.78, 5) is 20.9. The van der Waals surface area contributed by atoms with Gasteiger partial charge in [0.15, 0.2) is 0 Å². The van der Waals surface area contributed by atoms with Gasteiger partial charge in [-0.05, 0) is 5.56 Å². The van der Waals surface area contributed by atoms with Crippen molar-refractivity contribution < 1.29 is 9.59 Å². The first kappa shape index (κ1) is 9.25. The quantitative estimate of drug-likeness (QED) is 0.705. The average molecular weight is 177 g/mol. The van der Waals surface area contributed by atoms with Gasteiger partial charge in [0, 0.05) is 0 Å². The molecule has 0 heterocycles. The van der Waals surface area contributed by atoms with Crippen molar-refractivity contribution in [2.24, 2.45) is 5.73 Å². The summed E-state index contributed by atoms with van der Waals surface area (Å²) in [5, 5.41) is 2.26. The highest BCUT2D eigenvalue weighted by Crippen LogP contribution is 2.08. The second-order valence-corrected chi connectivity index (χ2v) is 2.47. The molecule has 1 aromatic carbocycles. The van der Waals surface area contributed by atoms with E-state index in [-0.39, 0.29) is 0 Å². The van der Waals surface area contributed by atoms with Crippen LogP contribution in [-0.2, 0) is 4.79 Å². The maximum atomic E-state index is 10.5. The lowest BCUT2D eigenvalue weighted by Gasteiger charge is -2.09. The topological polar surface area (TPSA) is 72.2 Å². The van der Waals surface area contributed by atoms with Crippen molar-refractivity contribution in [1.82, 2.24) is 5.32 Å². The molecule has 0 saturated carbocycles. The van der Waals surface area contributed by atoms with Crippen LogP contribution in [0.15, 0.2) is 30.3 Å². The van der Waals surface area contributed by atoms with Gasteiger partial charge in [0.25, 0.3) is 0 Å². The molecule has 1 atom stereocenters. The molecule has 0 aliphatic carbocycles. The number of benzene rings is 1. The van der Waals surface area contributed by atoms with E-state index in [0.717, 1.165) is 0 Å². The van der Waals surface area contributed by atoms with Crippen molar-refractivity contribution >= 4 is 12.3 Å². The van der Waals surface area contributed by atoms with E-state index in [9.17, 15) is 9.59 Å². The van der Waals surface area contributed by atoms with Gasteiger partial charge in [-0.2, -0.15) is 0 Å². The predicted octanol–water partition coefficient (Wildman–Crippen LogP) is 0.506. The van der Waals surface area contributed by atoms with Crippen LogP contribution < -0.4 is 11.1 Å². The summed E-state index contributed by atoms with van der Waals surface area (Å²) in [7, 11) is 0. The number of nitrogens with one attached hydrogen (secondary N) is 1. The van der Waals surface area contributed by atoms with Crippen molar-refractivity contribution in [3.8, 4) is 0 Å². The minimum atomic E-state index is -0.779. The molecule has 0 aliphatic rings. The minimum Gasteiger partial charge on any atom is -0.352 e. The maximum absolute atomic E-state index is 10.5. The Bertz CT molecular complexity index is 298. The molecule has 4 heteroatoms. The lowest BCUT2D eigenvalue weighted by molar-refractivity contribution is 0.247. The summed E-state index contributed by atoms with van der Waals surface area (Å²) in [6, 6.07) is 7.26. The number of hydrogen-bond acceptors (Lipinski definition) is 2. The number of urea groups is 1. The molecule has 0 fully saturated rings.